The summed E-state index contributed by atoms with van der Waals surface area (Å²) >= 11 is 0. The van der Waals surface area contributed by atoms with Crippen molar-refractivity contribution in [3.63, 3.8) is 0 Å². The fraction of sp³-hybridized carbons (Fsp3) is 0.400. The van der Waals surface area contributed by atoms with E-state index in [-0.39, 0.29) is 24.5 Å². The van der Waals surface area contributed by atoms with Crippen LogP contribution in [0.15, 0.2) is 42.5 Å². The van der Waals surface area contributed by atoms with Crippen LogP contribution in [0.3, 0.4) is 0 Å². The molecule has 1 aromatic rings. The van der Waals surface area contributed by atoms with Crippen LogP contribution in [0, 0.1) is 5.92 Å². The summed E-state index contributed by atoms with van der Waals surface area (Å²) in [6.45, 7) is 1.41. The normalized spacial score (nSPS) is 12.9. The van der Waals surface area contributed by atoms with Crippen molar-refractivity contribution in [3.8, 4) is 0 Å². The Hall–Kier alpha value is -2.96. The van der Waals surface area contributed by atoms with Crippen molar-refractivity contribution in [1.82, 2.24) is 5.32 Å². The molecule has 7 nitrogen and oxygen atoms in total. The van der Waals surface area contributed by atoms with E-state index in [1.54, 1.807) is 42.5 Å². The van der Waals surface area contributed by atoms with Crippen LogP contribution in [0.1, 0.15) is 36.5 Å². The Morgan fingerprint density at radius 2 is 1.56 bits per heavy atom. The van der Waals surface area contributed by atoms with Gasteiger partial charge in [0.2, 0.25) is 0 Å². The molecule has 0 aliphatic carbocycles. The SMILES string of the molecule is COC(=O)C(CC=CCC(NC(=O)c1ccccc1)C(=O)OC)CC(C)=O. The van der Waals surface area contributed by atoms with E-state index in [9.17, 15) is 19.2 Å². The monoisotopic (exact) mass is 375 g/mol. The molecule has 2 unspecified atom stereocenters. The summed E-state index contributed by atoms with van der Waals surface area (Å²) in [5, 5.41) is 2.63. The second-order valence-electron chi connectivity index (χ2n) is 5.98. The van der Waals surface area contributed by atoms with E-state index in [1.165, 1.54) is 21.1 Å². The molecule has 2 atom stereocenters. The van der Waals surface area contributed by atoms with Gasteiger partial charge in [-0.1, -0.05) is 30.4 Å². The molecule has 27 heavy (non-hydrogen) atoms. The van der Waals surface area contributed by atoms with Crippen LogP contribution in [-0.2, 0) is 23.9 Å². The number of allylic oxidation sites excluding steroid dienone is 1. The molecule has 0 aliphatic heterocycles. The summed E-state index contributed by atoms with van der Waals surface area (Å²) in [6, 6.07) is 7.66. The highest BCUT2D eigenvalue weighted by Gasteiger charge is 2.22. The fourth-order valence-electron chi connectivity index (χ4n) is 2.46. The summed E-state index contributed by atoms with van der Waals surface area (Å²) in [5.74, 6) is -2.10. The fourth-order valence-corrected chi connectivity index (χ4v) is 2.46. The van der Waals surface area contributed by atoms with E-state index in [0.717, 1.165) is 0 Å². The smallest absolute Gasteiger partial charge is 0.328 e. The van der Waals surface area contributed by atoms with Crippen molar-refractivity contribution >= 4 is 23.6 Å². The highest BCUT2D eigenvalue weighted by Crippen LogP contribution is 2.13. The highest BCUT2D eigenvalue weighted by atomic mass is 16.5. The first-order chi connectivity index (χ1) is 12.9. The Morgan fingerprint density at radius 3 is 2.11 bits per heavy atom. The van der Waals surface area contributed by atoms with Crippen molar-refractivity contribution in [2.24, 2.45) is 5.92 Å². The maximum absolute atomic E-state index is 12.2. The molecule has 0 saturated carbocycles. The zero-order chi connectivity index (χ0) is 20.2. The van der Waals surface area contributed by atoms with E-state index in [1.807, 2.05) is 0 Å². The minimum Gasteiger partial charge on any atom is -0.469 e. The van der Waals surface area contributed by atoms with Gasteiger partial charge in [0.05, 0.1) is 20.1 Å². The molecule has 0 radical (unpaired) electrons. The largest absolute Gasteiger partial charge is 0.469 e. The average Bonchev–Trinajstić information content (AvgIpc) is 2.68. The molecule has 0 bridgehead atoms. The Kier molecular flexibility index (Phi) is 9.50. The van der Waals surface area contributed by atoms with E-state index in [0.29, 0.717) is 12.0 Å². The van der Waals surface area contributed by atoms with Crippen LogP contribution >= 0.6 is 0 Å². The lowest BCUT2D eigenvalue weighted by Gasteiger charge is -2.15. The number of carbonyl (C=O) groups is 4. The van der Waals surface area contributed by atoms with Gasteiger partial charge in [-0.05, 0) is 31.9 Å². The quantitative estimate of drug-likeness (QED) is 0.496. The summed E-state index contributed by atoms with van der Waals surface area (Å²) < 4.78 is 9.42. The maximum Gasteiger partial charge on any atom is 0.328 e. The zero-order valence-electron chi connectivity index (χ0n) is 15.8. The van der Waals surface area contributed by atoms with Gasteiger partial charge in [0.1, 0.15) is 11.8 Å². The van der Waals surface area contributed by atoms with Crippen molar-refractivity contribution in [2.75, 3.05) is 14.2 Å². The number of rotatable bonds is 10. The molecular weight excluding hydrogens is 350 g/mol. The van der Waals surface area contributed by atoms with Crippen molar-refractivity contribution in [2.45, 2.75) is 32.2 Å². The molecule has 1 aromatic carbocycles. The summed E-state index contributed by atoms with van der Waals surface area (Å²) in [4.78, 5) is 47.1. The molecule has 1 amide bonds. The standard InChI is InChI=1S/C20H25NO6/c1-14(22)13-16(19(24)26-2)11-7-8-12-17(20(25)27-3)21-18(23)15-9-5-4-6-10-15/h4-10,16-17H,11-13H2,1-3H3,(H,21,23). The van der Waals surface area contributed by atoms with Crippen molar-refractivity contribution in [3.05, 3.63) is 48.0 Å². The Labute approximate surface area is 158 Å². The van der Waals surface area contributed by atoms with Gasteiger partial charge in [-0.25, -0.2) is 4.79 Å². The maximum atomic E-state index is 12.2. The van der Waals surface area contributed by atoms with Crippen molar-refractivity contribution < 1.29 is 28.7 Å². The third-order valence-corrected chi connectivity index (χ3v) is 3.85. The predicted octanol–water partition coefficient (Wildman–Crippen LogP) is 2.06. The van der Waals surface area contributed by atoms with Gasteiger partial charge in [-0.15, -0.1) is 0 Å². The molecule has 0 aromatic heterocycles. The molecule has 7 heteroatoms. The van der Waals surface area contributed by atoms with Gasteiger partial charge in [-0.3, -0.25) is 9.59 Å². The number of hydrogen-bond donors (Lipinski definition) is 1. The lowest BCUT2D eigenvalue weighted by Crippen LogP contribution is -2.41. The Balaban J connectivity index is 2.69. The van der Waals surface area contributed by atoms with Gasteiger partial charge in [0, 0.05) is 12.0 Å². The number of ketones is 1. The van der Waals surface area contributed by atoms with Crippen molar-refractivity contribution in [1.29, 1.82) is 0 Å². The number of ether oxygens (including phenoxy) is 2. The molecule has 146 valence electrons. The molecular formula is C20H25NO6. The number of esters is 2. The lowest BCUT2D eigenvalue weighted by molar-refractivity contribution is -0.147. The van der Waals surface area contributed by atoms with Crippen LogP contribution in [0.4, 0.5) is 0 Å². The molecule has 0 heterocycles. The number of amides is 1. The van der Waals surface area contributed by atoms with E-state index < -0.39 is 23.9 Å². The van der Waals surface area contributed by atoms with Gasteiger partial charge in [0.15, 0.2) is 0 Å². The number of hydrogen-bond acceptors (Lipinski definition) is 6. The number of carbonyl (C=O) groups excluding carboxylic acids is 4. The number of nitrogens with one attached hydrogen (secondary N) is 1. The van der Waals surface area contributed by atoms with E-state index in [4.69, 9.17) is 9.47 Å². The molecule has 1 N–H and O–H groups in total. The van der Waals surface area contributed by atoms with Gasteiger partial charge < -0.3 is 19.6 Å². The van der Waals surface area contributed by atoms with Crippen LogP contribution in [0.2, 0.25) is 0 Å². The van der Waals surface area contributed by atoms with E-state index in [2.05, 4.69) is 5.32 Å². The number of methoxy groups -OCH3 is 2. The second kappa shape index (κ2) is 11.6. The third-order valence-electron chi connectivity index (χ3n) is 3.85. The Bertz CT molecular complexity index is 683. The minimum atomic E-state index is -0.858. The predicted molar refractivity (Wildman–Crippen MR) is 98.9 cm³/mol. The Morgan fingerprint density at radius 1 is 0.963 bits per heavy atom. The molecule has 0 saturated heterocycles. The molecule has 0 fully saturated rings. The minimum absolute atomic E-state index is 0.0855. The summed E-state index contributed by atoms with van der Waals surface area (Å²) in [5.41, 5.74) is 0.433. The number of benzene rings is 1. The molecule has 0 spiro atoms. The van der Waals surface area contributed by atoms with Crippen LogP contribution in [0.5, 0.6) is 0 Å². The highest BCUT2D eigenvalue weighted by molar-refractivity contribution is 5.96. The van der Waals surface area contributed by atoms with Crippen LogP contribution in [0.25, 0.3) is 0 Å². The van der Waals surface area contributed by atoms with Gasteiger partial charge in [-0.2, -0.15) is 0 Å². The third kappa shape index (κ3) is 7.85. The topological polar surface area (TPSA) is 98.8 Å². The average molecular weight is 375 g/mol. The van der Waals surface area contributed by atoms with Gasteiger partial charge in [0.25, 0.3) is 5.91 Å². The van der Waals surface area contributed by atoms with Crippen LogP contribution in [-0.4, -0.2) is 43.9 Å². The number of Topliss-reactive ketones (excluding diaryl/α,β-unsaturated/α-hetero) is 1. The van der Waals surface area contributed by atoms with Gasteiger partial charge >= 0.3 is 11.9 Å². The van der Waals surface area contributed by atoms with E-state index >= 15 is 0 Å². The molecule has 0 aliphatic rings. The first-order valence-electron chi connectivity index (χ1n) is 8.55. The lowest BCUT2D eigenvalue weighted by atomic mass is 9.98. The first-order valence-corrected chi connectivity index (χ1v) is 8.55. The second-order valence-corrected chi connectivity index (χ2v) is 5.98. The van der Waals surface area contributed by atoms with Crippen LogP contribution < -0.4 is 5.32 Å². The summed E-state index contributed by atoms with van der Waals surface area (Å²) in [6.07, 6.45) is 3.94. The molecule has 1 rings (SSSR count). The zero-order valence-corrected chi connectivity index (χ0v) is 15.8. The first kappa shape index (κ1) is 22.1. The summed E-state index contributed by atoms with van der Waals surface area (Å²) in [7, 11) is 2.51.